The maximum absolute atomic E-state index is 5.90. The van der Waals surface area contributed by atoms with Gasteiger partial charge in [-0.25, -0.2) is 4.98 Å². The Morgan fingerprint density at radius 1 is 1.63 bits per heavy atom. The van der Waals surface area contributed by atoms with Crippen molar-refractivity contribution in [3.63, 3.8) is 0 Å². The van der Waals surface area contributed by atoms with E-state index < -0.39 is 0 Å². The van der Waals surface area contributed by atoms with Gasteiger partial charge in [-0.05, 0) is 25.3 Å². The highest BCUT2D eigenvalue weighted by Crippen LogP contribution is 2.30. The summed E-state index contributed by atoms with van der Waals surface area (Å²) < 4.78 is 5.90. The monoisotopic (exact) mass is 281 g/mol. The number of ether oxygens (including phenoxy) is 1. The number of rotatable bonds is 3. The SMILES string of the molecule is Cc1csc(C2CN(CC3(C)CCNC3)CCO2)n1. The summed E-state index contributed by atoms with van der Waals surface area (Å²) in [6, 6.07) is 0. The van der Waals surface area contributed by atoms with Gasteiger partial charge in [0, 0.05) is 37.3 Å². The maximum atomic E-state index is 5.90. The van der Waals surface area contributed by atoms with Crippen LogP contribution in [0.25, 0.3) is 0 Å². The number of hydrogen-bond donors (Lipinski definition) is 1. The van der Waals surface area contributed by atoms with Crippen LogP contribution in [0, 0.1) is 12.3 Å². The molecule has 1 N–H and O–H groups in total. The molecule has 2 fully saturated rings. The van der Waals surface area contributed by atoms with Crippen molar-refractivity contribution in [1.82, 2.24) is 15.2 Å². The van der Waals surface area contributed by atoms with Crippen LogP contribution in [0.2, 0.25) is 0 Å². The van der Waals surface area contributed by atoms with Gasteiger partial charge in [0.05, 0.1) is 6.61 Å². The average Bonchev–Trinajstić information content (AvgIpc) is 2.99. The van der Waals surface area contributed by atoms with Gasteiger partial charge in [-0.3, -0.25) is 4.90 Å². The molecule has 3 heterocycles. The summed E-state index contributed by atoms with van der Waals surface area (Å²) in [4.78, 5) is 7.13. The molecular weight excluding hydrogens is 258 g/mol. The smallest absolute Gasteiger partial charge is 0.123 e. The molecule has 1 aromatic rings. The van der Waals surface area contributed by atoms with Crippen molar-refractivity contribution in [1.29, 1.82) is 0 Å². The van der Waals surface area contributed by atoms with Crippen LogP contribution in [0.5, 0.6) is 0 Å². The third kappa shape index (κ3) is 3.16. The van der Waals surface area contributed by atoms with E-state index >= 15 is 0 Å². The summed E-state index contributed by atoms with van der Waals surface area (Å²) in [5.41, 5.74) is 1.54. The Bertz CT molecular complexity index is 428. The highest BCUT2D eigenvalue weighted by molar-refractivity contribution is 7.09. The van der Waals surface area contributed by atoms with Gasteiger partial charge in [0.1, 0.15) is 11.1 Å². The predicted octanol–water partition coefficient (Wildman–Crippen LogP) is 1.82. The first-order valence-corrected chi connectivity index (χ1v) is 7.99. The molecule has 2 saturated heterocycles. The van der Waals surface area contributed by atoms with Crippen LogP contribution in [-0.2, 0) is 4.74 Å². The van der Waals surface area contributed by atoms with E-state index in [1.165, 1.54) is 13.0 Å². The van der Waals surface area contributed by atoms with Gasteiger partial charge < -0.3 is 10.1 Å². The zero-order valence-electron chi connectivity index (χ0n) is 11.8. The quantitative estimate of drug-likeness (QED) is 0.917. The van der Waals surface area contributed by atoms with E-state index in [1.807, 2.05) is 6.92 Å². The molecule has 3 rings (SSSR count). The normalized spacial score (nSPS) is 32.8. The third-order valence-electron chi connectivity index (χ3n) is 4.13. The zero-order chi connectivity index (χ0) is 13.3. The Morgan fingerprint density at radius 3 is 3.21 bits per heavy atom. The van der Waals surface area contributed by atoms with Gasteiger partial charge in [-0.1, -0.05) is 6.92 Å². The maximum Gasteiger partial charge on any atom is 0.123 e. The van der Waals surface area contributed by atoms with Crippen molar-refractivity contribution in [3.8, 4) is 0 Å². The molecule has 19 heavy (non-hydrogen) atoms. The van der Waals surface area contributed by atoms with Gasteiger partial charge in [0.25, 0.3) is 0 Å². The Labute approximate surface area is 119 Å². The van der Waals surface area contributed by atoms with Gasteiger partial charge in [0.15, 0.2) is 0 Å². The van der Waals surface area contributed by atoms with E-state index in [4.69, 9.17) is 4.74 Å². The molecule has 5 heteroatoms. The first-order valence-electron chi connectivity index (χ1n) is 7.11. The molecule has 2 unspecified atom stereocenters. The summed E-state index contributed by atoms with van der Waals surface area (Å²) in [6.45, 7) is 10.8. The second kappa shape index (κ2) is 5.48. The number of thiazole rings is 1. The van der Waals surface area contributed by atoms with Gasteiger partial charge in [-0.2, -0.15) is 0 Å². The predicted molar refractivity (Wildman–Crippen MR) is 77.6 cm³/mol. The largest absolute Gasteiger partial charge is 0.368 e. The number of aryl methyl sites for hydroxylation is 1. The minimum atomic E-state index is 0.172. The summed E-state index contributed by atoms with van der Waals surface area (Å²) in [6.07, 6.45) is 1.45. The molecule has 4 nitrogen and oxygen atoms in total. The van der Waals surface area contributed by atoms with Crippen LogP contribution in [0.4, 0.5) is 0 Å². The number of nitrogens with zero attached hydrogens (tertiary/aromatic N) is 2. The van der Waals surface area contributed by atoms with E-state index in [9.17, 15) is 0 Å². The second-order valence-electron chi connectivity index (χ2n) is 6.16. The van der Waals surface area contributed by atoms with E-state index in [0.717, 1.165) is 43.5 Å². The van der Waals surface area contributed by atoms with Crippen LogP contribution in [-0.4, -0.2) is 49.2 Å². The molecular formula is C14H23N3OS. The first-order chi connectivity index (χ1) is 9.15. The summed E-state index contributed by atoms with van der Waals surface area (Å²) in [5, 5.41) is 6.73. The summed E-state index contributed by atoms with van der Waals surface area (Å²) >= 11 is 1.72. The van der Waals surface area contributed by atoms with Crippen molar-refractivity contribution in [3.05, 3.63) is 16.1 Å². The van der Waals surface area contributed by atoms with Crippen LogP contribution < -0.4 is 5.32 Å². The van der Waals surface area contributed by atoms with Gasteiger partial charge >= 0.3 is 0 Å². The van der Waals surface area contributed by atoms with Crippen LogP contribution in [0.1, 0.15) is 30.2 Å². The number of hydrogen-bond acceptors (Lipinski definition) is 5. The highest BCUT2D eigenvalue weighted by atomic mass is 32.1. The Balaban J connectivity index is 1.61. The first kappa shape index (κ1) is 13.5. The third-order valence-corrected chi connectivity index (χ3v) is 5.18. The number of morpholine rings is 1. The average molecular weight is 281 g/mol. The molecule has 0 aromatic carbocycles. The van der Waals surface area contributed by atoms with Crippen molar-refractivity contribution < 1.29 is 4.74 Å². The molecule has 0 aliphatic carbocycles. The van der Waals surface area contributed by atoms with Crippen LogP contribution in [0.3, 0.4) is 0 Å². The number of nitrogens with one attached hydrogen (secondary N) is 1. The molecule has 0 saturated carbocycles. The summed E-state index contributed by atoms with van der Waals surface area (Å²) in [5.74, 6) is 0. The molecule has 2 aliphatic rings. The molecule has 1 aromatic heterocycles. The standard InChI is InChI=1S/C14H23N3OS/c1-11-8-19-13(16-11)12-7-17(5-6-18-12)10-14(2)3-4-15-9-14/h8,12,15H,3-7,9-10H2,1-2H3. The number of aromatic nitrogens is 1. The van der Waals surface area contributed by atoms with E-state index in [-0.39, 0.29) is 6.10 Å². The van der Waals surface area contributed by atoms with Crippen molar-refractivity contribution in [2.75, 3.05) is 39.3 Å². The molecule has 106 valence electrons. The lowest BCUT2D eigenvalue weighted by Crippen LogP contribution is -2.44. The Kier molecular flexibility index (Phi) is 3.89. The molecule has 0 amide bonds. The lowest BCUT2D eigenvalue weighted by molar-refractivity contribution is -0.0401. The Morgan fingerprint density at radius 2 is 2.53 bits per heavy atom. The molecule has 0 bridgehead atoms. The van der Waals surface area contributed by atoms with Crippen LogP contribution in [0.15, 0.2) is 5.38 Å². The lowest BCUT2D eigenvalue weighted by Gasteiger charge is -2.37. The molecule has 2 aliphatic heterocycles. The molecule has 0 radical (unpaired) electrons. The fraction of sp³-hybridized carbons (Fsp3) is 0.786. The van der Waals surface area contributed by atoms with E-state index in [0.29, 0.717) is 5.41 Å². The Hall–Kier alpha value is -0.490. The van der Waals surface area contributed by atoms with Crippen molar-refractivity contribution in [2.24, 2.45) is 5.41 Å². The topological polar surface area (TPSA) is 37.4 Å². The summed E-state index contributed by atoms with van der Waals surface area (Å²) in [7, 11) is 0. The van der Waals surface area contributed by atoms with E-state index in [2.05, 4.69) is 27.5 Å². The highest BCUT2D eigenvalue weighted by Gasteiger charge is 2.33. The minimum Gasteiger partial charge on any atom is -0.368 e. The molecule has 2 atom stereocenters. The second-order valence-corrected chi connectivity index (χ2v) is 7.05. The van der Waals surface area contributed by atoms with E-state index in [1.54, 1.807) is 11.3 Å². The van der Waals surface area contributed by atoms with Crippen molar-refractivity contribution >= 4 is 11.3 Å². The van der Waals surface area contributed by atoms with Gasteiger partial charge in [-0.15, -0.1) is 11.3 Å². The zero-order valence-corrected chi connectivity index (χ0v) is 12.6. The van der Waals surface area contributed by atoms with Gasteiger partial charge in [0.2, 0.25) is 0 Å². The minimum absolute atomic E-state index is 0.172. The fourth-order valence-corrected chi connectivity index (χ4v) is 3.89. The van der Waals surface area contributed by atoms with Crippen molar-refractivity contribution in [2.45, 2.75) is 26.4 Å². The van der Waals surface area contributed by atoms with Crippen LogP contribution >= 0.6 is 11.3 Å². The molecule has 0 spiro atoms. The lowest BCUT2D eigenvalue weighted by atomic mass is 9.89. The fourth-order valence-electron chi connectivity index (χ4n) is 3.06.